The molecule has 1 nitrogen and oxygen atoms in total. The highest BCUT2D eigenvalue weighted by molar-refractivity contribution is 5.74. The fourth-order valence-corrected chi connectivity index (χ4v) is 6.38. The third kappa shape index (κ3) is 7.04. The van der Waals surface area contributed by atoms with E-state index in [1.807, 2.05) is 19.9 Å². The molecule has 43 heavy (non-hydrogen) atoms. The zero-order valence-electron chi connectivity index (χ0n) is 27.7. The summed E-state index contributed by atoms with van der Waals surface area (Å²) in [5, 5.41) is 2.54. The van der Waals surface area contributed by atoms with Crippen LogP contribution in [0.15, 0.2) is 85.5 Å². The molecule has 0 spiro atoms. The number of fused-ring (bicyclic) bond motifs is 4. The Morgan fingerprint density at radius 3 is 2.30 bits per heavy atom. The maximum atomic E-state index is 3.91. The summed E-state index contributed by atoms with van der Waals surface area (Å²) in [4.78, 5) is 0. The van der Waals surface area contributed by atoms with Crippen molar-refractivity contribution < 1.29 is 0 Å². The molecule has 0 amide bonds. The number of aryl methyl sites for hydroxylation is 3. The molecule has 0 saturated heterocycles. The van der Waals surface area contributed by atoms with E-state index in [9.17, 15) is 0 Å². The van der Waals surface area contributed by atoms with Gasteiger partial charge in [-0.05, 0) is 80.4 Å². The van der Waals surface area contributed by atoms with Crippen molar-refractivity contribution in [2.24, 2.45) is 5.41 Å². The lowest BCUT2D eigenvalue weighted by atomic mass is 9.91. The maximum absolute atomic E-state index is 3.91. The molecule has 1 aromatic heterocycles. The molecule has 0 saturated carbocycles. The van der Waals surface area contributed by atoms with E-state index < -0.39 is 0 Å². The summed E-state index contributed by atoms with van der Waals surface area (Å²) < 4.78 is 2.45. The number of hydrogen-bond donors (Lipinski definition) is 0. The normalized spacial score (nSPS) is 20.0. The number of benzene rings is 2. The van der Waals surface area contributed by atoms with Crippen LogP contribution < -0.4 is 10.6 Å². The van der Waals surface area contributed by atoms with Gasteiger partial charge in [0.1, 0.15) is 0 Å². The SMILES string of the molecule is C=C/C=c1\c(=C/C)c2c(n1C1C=CC=CC1)C=CC(C)(C)C=C2.CC.Cc1ccc2c(c1)-c1cc(C)ccc1C(C)CC2. The molecule has 0 bridgehead atoms. The van der Waals surface area contributed by atoms with E-state index in [-0.39, 0.29) is 5.41 Å². The van der Waals surface area contributed by atoms with Gasteiger partial charge in [-0.1, -0.05) is 143 Å². The second-order valence-corrected chi connectivity index (χ2v) is 12.5. The number of nitrogens with zero attached hydrogens (tertiary/aromatic N) is 1. The van der Waals surface area contributed by atoms with Crippen molar-refractivity contribution in [2.75, 3.05) is 0 Å². The minimum Gasteiger partial charge on any atom is -0.333 e. The van der Waals surface area contributed by atoms with Gasteiger partial charge in [-0.25, -0.2) is 0 Å². The van der Waals surface area contributed by atoms with E-state index in [0.717, 1.165) is 6.42 Å². The summed E-state index contributed by atoms with van der Waals surface area (Å²) in [6, 6.07) is 14.2. The first-order chi connectivity index (χ1) is 20.7. The fraction of sp³-hybridized carbons (Fsp3) is 0.333. The van der Waals surface area contributed by atoms with E-state index >= 15 is 0 Å². The Kier molecular flexibility index (Phi) is 10.5. The smallest absolute Gasteiger partial charge is 0.0560 e. The Balaban J connectivity index is 0.000000191. The molecule has 3 aliphatic rings. The van der Waals surface area contributed by atoms with Gasteiger partial charge in [0, 0.05) is 27.2 Å². The standard InChI is InChI=1S/C22H25N.C18H20.C2H6/c1-5-10-20-18(6-2)19-13-15-22(3,4)16-14-21(19)23(20)17-11-8-7-9-12-17;1-12-4-7-15-8-6-14(3)16-9-5-13(2)11-18(16)17(15)10-12;1-2/h5-11,13-17H,1,12H2,2-4H3;4-5,7,9-11,14H,6,8H2,1-3H3;1-2H3/b18-6-,20-10+;;. The van der Waals surface area contributed by atoms with Crippen LogP contribution in [-0.2, 0) is 6.42 Å². The predicted molar refractivity (Wildman–Crippen MR) is 192 cm³/mol. The van der Waals surface area contributed by atoms with Gasteiger partial charge < -0.3 is 4.57 Å². The van der Waals surface area contributed by atoms with Gasteiger partial charge in [-0.2, -0.15) is 0 Å². The Bertz CT molecular complexity index is 1700. The summed E-state index contributed by atoms with van der Waals surface area (Å²) in [6.45, 7) is 21.2. The van der Waals surface area contributed by atoms with Crippen molar-refractivity contribution >= 4 is 24.3 Å². The molecular weight excluding hydrogens is 518 g/mol. The van der Waals surface area contributed by atoms with Crippen molar-refractivity contribution in [1.29, 1.82) is 0 Å². The first-order valence-corrected chi connectivity index (χ1v) is 16.2. The Morgan fingerprint density at radius 1 is 0.930 bits per heavy atom. The van der Waals surface area contributed by atoms with Crippen LogP contribution in [0.1, 0.15) is 99.9 Å². The summed E-state index contributed by atoms with van der Waals surface area (Å²) >= 11 is 0. The zero-order valence-corrected chi connectivity index (χ0v) is 27.7. The second kappa shape index (κ2) is 14.1. The molecule has 1 heterocycles. The van der Waals surface area contributed by atoms with Gasteiger partial charge in [0.05, 0.1) is 6.04 Å². The fourth-order valence-electron chi connectivity index (χ4n) is 6.38. The summed E-state index contributed by atoms with van der Waals surface area (Å²) in [6.07, 6.45) is 27.7. The lowest BCUT2D eigenvalue weighted by Gasteiger charge is -2.19. The molecule has 2 unspecified atom stereocenters. The van der Waals surface area contributed by atoms with Crippen molar-refractivity contribution in [1.82, 2.24) is 4.57 Å². The van der Waals surface area contributed by atoms with E-state index in [1.54, 1.807) is 0 Å². The third-order valence-electron chi connectivity index (χ3n) is 8.71. The highest BCUT2D eigenvalue weighted by Crippen LogP contribution is 2.39. The number of rotatable bonds is 2. The Labute approximate surface area is 261 Å². The first kappa shape index (κ1) is 32.1. The molecule has 0 fully saturated rings. The molecule has 2 aromatic carbocycles. The van der Waals surface area contributed by atoms with Crippen molar-refractivity contribution in [3.8, 4) is 11.1 Å². The molecule has 6 rings (SSSR count). The van der Waals surface area contributed by atoms with E-state index in [1.165, 1.54) is 68.0 Å². The largest absolute Gasteiger partial charge is 0.333 e. The maximum Gasteiger partial charge on any atom is 0.0560 e. The van der Waals surface area contributed by atoms with Gasteiger partial charge >= 0.3 is 0 Å². The molecule has 0 N–H and O–H groups in total. The summed E-state index contributed by atoms with van der Waals surface area (Å²) in [7, 11) is 0. The molecule has 2 atom stereocenters. The van der Waals surface area contributed by atoms with Crippen LogP contribution in [-0.4, -0.2) is 4.57 Å². The first-order valence-electron chi connectivity index (χ1n) is 16.2. The number of hydrogen-bond acceptors (Lipinski definition) is 0. The van der Waals surface area contributed by atoms with E-state index in [2.05, 4.69) is 150 Å². The Morgan fingerprint density at radius 2 is 1.63 bits per heavy atom. The van der Waals surface area contributed by atoms with Crippen LogP contribution in [0.2, 0.25) is 0 Å². The molecule has 3 aliphatic carbocycles. The van der Waals surface area contributed by atoms with Gasteiger partial charge in [0.2, 0.25) is 0 Å². The van der Waals surface area contributed by atoms with Crippen LogP contribution in [0.4, 0.5) is 0 Å². The quantitative estimate of drug-likeness (QED) is 0.289. The summed E-state index contributed by atoms with van der Waals surface area (Å²) in [5.41, 5.74) is 11.3. The third-order valence-corrected chi connectivity index (χ3v) is 8.71. The van der Waals surface area contributed by atoms with Crippen LogP contribution in [0, 0.1) is 19.3 Å². The van der Waals surface area contributed by atoms with Crippen LogP contribution in [0.5, 0.6) is 0 Å². The molecule has 0 radical (unpaired) electrons. The molecule has 1 heteroatoms. The average Bonchev–Trinajstić information content (AvgIpc) is 3.12. The average molecular weight is 570 g/mol. The van der Waals surface area contributed by atoms with Crippen LogP contribution in [0.3, 0.4) is 0 Å². The lowest BCUT2D eigenvalue weighted by Crippen LogP contribution is -2.32. The number of allylic oxidation sites excluding steroid dienone is 7. The van der Waals surface area contributed by atoms with Gasteiger partial charge in [-0.3, -0.25) is 0 Å². The highest BCUT2D eigenvalue weighted by Gasteiger charge is 2.21. The van der Waals surface area contributed by atoms with Crippen molar-refractivity contribution in [3.63, 3.8) is 0 Å². The number of aromatic nitrogens is 1. The van der Waals surface area contributed by atoms with Crippen LogP contribution >= 0.6 is 0 Å². The Hall–Kier alpha value is -3.84. The predicted octanol–water partition coefficient (Wildman–Crippen LogP) is 10.4. The molecule has 224 valence electrons. The van der Waals surface area contributed by atoms with Crippen LogP contribution in [0.25, 0.3) is 35.4 Å². The highest BCUT2D eigenvalue weighted by atomic mass is 15.0. The van der Waals surface area contributed by atoms with Crippen molar-refractivity contribution in [2.45, 2.75) is 86.6 Å². The monoisotopic (exact) mass is 569 g/mol. The lowest BCUT2D eigenvalue weighted by molar-refractivity contribution is 0.590. The van der Waals surface area contributed by atoms with Gasteiger partial charge in [0.25, 0.3) is 0 Å². The molecular formula is C42H51N. The molecule has 3 aromatic rings. The van der Waals surface area contributed by atoms with Crippen molar-refractivity contribution in [3.05, 3.63) is 130 Å². The minimum absolute atomic E-state index is 0.0828. The van der Waals surface area contributed by atoms with Gasteiger partial charge in [0.15, 0.2) is 0 Å². The summed E-state index contributed by atoms with van der Waals surface area (Å²) in [5.74, 6) is 0.660. The minimum atomic E-state index is 0.0828. The van der Waals surface area contributed by atoms with E-state index in [0.29, 0.717) is 12.0 Å². The van der Waals surface area contributed by atoms with E-state index in [4.69, 9.17) is 0 Å². The molecule has 0 aliphatic heterocycles. The zero-order chi connectivity index (χ0) is 31.1. The topological polar surface area (TPSA) is 4.93 Å². The second-order valence-electron chi connectivity index (χ2n) is 12.5. The van der Waals surface area contributed by atoms with Gasteiger partial charge in [-0.15, -0.1) is 0 Å².